The minimum Gasteiger partial charge on any atom is -0.339 e. The Hall–Kier alpha value is -1.42. The number of aryl methyl sites for hydroxylation is 1. The van der Waals surface area contributed by atoms with Gasteiger partial charge in [0.15, 0.2) is 0 Å². The first-order valence-corrected chi connectivity index (χ1v) is 6.65. The summed E-state index contributed by atoms with van der Waals surface area (Å²) in [4.78, 5) is 16.3. The summed E-state index contributed by atoms with van der Waals surface area (Å²) in [6, 6.07) is 4.32. The van der Waals surface area contributed by atoms with Crippen LogP contribution in [0.3, 0.4) is 0 Å². The van der Waals surface area contributed by atoms with Crippen LogP contribution in [0.25, 0.3) is 0 Å². The third-order valence-corrected chi connectivity index (χ3v) is 3.12. The van der Waals surface area contributed by atoms with E-state index in [1.54, 1.807) is 13.0 Å². The molecule has 0 aromatic heterocycles. The molecule has 1 rings (SSSR count). The van der Waals surface area contributed by atoms with E-state index in [4.69, 9.17) is 0 Å². The summed E-state index contributed by atoms with van der Waals surface area (Å²) in [5, 5.41) is 0. The first-order valence-electron chi connectivity index (χ1n) is 6.65. The molecule has 0 saturated heterocycles. The molecule has 0 bridgehead atoms. The minimum atomic E-state index is -0.301. The van der Waals surface area contributed by atoms with E-state index >= 15 is 0 Å². The fourth-order valence-electron chi connectivity index (χ4n) is 2.02. The number of benzene rings is 1. The van der Waals surface area contributed by atoms with Crippen molar-refractivity contribution in [2.75, 3.05) is 33.7 Å². The molecule has 0 unspecified atom stereocenters. The predicted molar refractivity (Wildman–Crippen MR) is 75.9 cm³/mol. The lowest BCUT2D eigenvalue weighted by molar-refractivity contribution is 0.0758. The Balaban J connectivity index is 2.72. The topological polar surface area (TPSA) is 23.6 Å². The maximum absolute atomic E-state index is 13.1. The van der Waals surface area contributed by atoms with Crippen LogP contribution in [0.5, 0.6) is 0 Å². The molecule has 19 heavy (non-hydrogen) atoms. The Morgan fingerprint density at radius 1 is 1.26 bits per heavy atom. The largest absolute Gasteiger partial charge is 0.339 e. The molecule has 106 valence electrons. The molecule has 0 heterocycles. The van der Waals surface area contributed by atoms with Crippen molar-refractivity contribution in [3.8, 4) is 0 Å². The van der Waals surface area contributed by atoms with Gasteiger partial charge in [0.05, 0.1) is 0 Å². The second kappa shape index (κ2) is 7.24. The summed E-state index contributed by atoms with van der Waals surface area (Å²) in [6.45, 7) is 6.08. The van der Waals surface area contributed by atoms with Crippen molar-refractivity contribution in [2.45, 2.75) is 20.3 Å². The highest BCUT2D eigenvalue weighted by atomic mass is 19.1. The van der Waals surface area contributed by atoms with E-state index in [0.29, 0.717) is 17.7 Å². The third-order valence-electron chi connectivity index (χ3n) is 3.12. The van der Waals surface area contributed by atoms with Gasteiger partial charge in [-0.2, -0.15) is 0 Å². The molecule has 4 heteroatoms. The lowest BCUT2D eigenvalue weighted by Crippen LogP contribution is -2.33. The van der Waals surface area contributed by atoms with E-state index in [9.17, 15) is 9.18 Å². The molecular weight excluding hydrogens is 243 g/mol. The smallest absolute Gasteiger partial charge is 0.254 e. The number of rotatable bonds is 6. The molecule has 0 aliphatic rings. The number of hydrogen-bond donors (Lipinski definition) is 0. The van der Waals surface area contributed by atoms with Crippen molar-refractivity contribution in [3.63, 3.8) is 0 Å². The third kappa shape index (κ3) is 4.63. The number of amides is 1. The molecular formula is C15H23FN2O. The fourth-order valence-corrected chi connectivity index (χ4v) is 2.02. The number of carbonyl (C=O) groups excluding carboxylic acids is 1. The maximum Gasteiger partial charge on any atom is 0.254 e. The second-order valence-electron chi connectivity index (χ2n) is 5.00. The van der Waals surface area contributed by atoms with Gasteiger partial charge in [-0.05, 0) is 64.7 Å². The summed E-state index contributed by atoms with van der Waals surface area (Å²) in [7, 11) is 4.03. The lowest BCUT2D eigenvalue weighted by Gasteiger charge is -2.22. The van der Waals surface area contributed by atoms with E-state index in [0.717, 1.165) is 19.5 Å². The zero-order valence-electron chi connectivity index (χ0n) is 12.2. The maximum atomic E-state index is 13.1. The van der Waals surface area contributed by atoms with E-state index in [2.05, 4.69) is 4.90 Å². The van der Waals surface area contributed by atoms with Crippen molar-refractivity contribution in [1.29, 1.82) is 0 Å². The van der Waals surface area contributed by atoms with Gasteiger partial charge in [0, 0.05) is 18.7 Å². The molecule has 0 N–H and O–H groups in total. The van der Waals surface area contributed by atoms with Gasteiger partial charge in [0.1, 0.15) is 5.82 Å². The number of hydrogen-bond acceptors (Lipinski definition) is 2. The van der Waals surface area contributed by atoms with Crippen LogP contribution < -0.4 is 0 Å². The Bertz CT molecular complexity index is 432. The normalized spacial score (nSPS) is 10.8. The highest BCUT2D eigenvalue weighted by molar-refractivity contribution is 5.95. The standard InChI is InChI=1S/C15H23FN2O/c1-5-18(10-6-9-17(3)4)15(19)14-8-7-13(16)11-12(14)2/h7-8,11H,5-6,9-10H2,1-4H3. The monoisotopic (exact) mass is 266 g/mol. The molecule has 0 aliphatic heterocycles. The average molecular weight is 266 g/mol. The fraction of sp³-hybridized carbons (Fsp3) is 0.533. The first-order chi connectivity index (χ1) is 8.95. The van der Waals surface area contributed by atoms with E-state index in [-0.39, 0.29) is 11.7 Å². The summed E-state index contributed by atoms with van der Waals surface area (Å²) in [6.07, 6.45) is 0.937. The number of carbonyl (C=O) groups is 1. The molecule has 1 amide bonds. The zero-order valence-corrected chi connectivity index (χ0v) is 12.2. The highest BCUT2D eigenvalue weighted by Crippen LogP contribution is 2.13. The summed E-state index contributed by atoms with van der Waals surface area (Å²) >= 11 is 0. The first kappa shape index (κ1) is 15.6. The Morgan fingerprint density at radius 2 is 1.95 bits per heavy atom. The van der Waals surface area contributed by atoms with Crippen molar-refractivity contribution >= 4 is 5.91 Å². The van der Waals surface area contributed by atoms with Crippen molar-refractivity contribution in [3.05, 3.63) is 35.1 Å². The van der Waals surface area contributed by atoms with Crippen LogP contribution in [0, 0.1) is 12.7 Å². The predicted octanol–water partition coefficient (Wildman–Crippen LogP) is 2.55. The van der Waals surface area contributed by atoms with Gasteiger partial charge in [-0.1, -0.05) is 0 Å². The van der Waals surface area contributed by atoms with Crippen LogP contribution >= 0.6 is 0 Å². The van der Waals surface area contributed by atoms with Gasteiger partial charge in [0.2, 0.25) is 0 Å². The van der Waals surface area contributed by atoms with Gasteiger partial charge in [-0.15, -0.1) is 0 Å². The highest BCUT2D eigenvalue weighted by Gasteiger charge is 2.16. The van der Waals surface area contributed by atoms with Gasteiger partial charge < -0.3 is 9.80 Å². The zero-order chi connectivity index (χ0) is 14.4. The molecule has 0 fully saturated rings. The van der Waals surface area contributed by atoms with Gasteiger partial charge in [-0.3, -0.25) is 4.79 Å². The van der Waals surface area contributed by atoms with Crippen molar-refractivity contribution in [2.24, 2.45) is 0 Å². The molecule has 0 spiro atoms. The summed E-state index contributed by atoms with van der Waals surface area (Å²) in [5.74, 6) is -0.316. The van der Waals surface area contributed by atoms with Crippen LogP contribution in [0.2, 0.25) is 0 Å². The van der Waals surface area contributed by atoms with Crippen LogP contribution in [-0.2, 0) is 0 Å². The molecule has 1 aromatic rings. The van der Waals surface area contributed by atoms with Crippen LogP contribution in [0.15, 0.2) is 18.2 Å². The van der Waals surface area contributed by atoms with Gasteiger partial charge in [-0.25, -0.2) is 4.39 Å². The average Bonchev–Trinajstić information content (AvgIpc) is 2.33. The molecule has 0 aliphatic carbocycles. The second-order valence-corrected chi connectivity index (χ2v) is 5.00. The molecule has 0 atom stereocenters. The van der Waals surface area contributed by atoms with E-state index in [1.165, 1.54) is 12.1 Å². The molecule has 1 aromatic carbocycles. The molecule has 0 radical (unpaired) electrons. The van der Waals surface area contributed by atoms with Crippen LogP contribution in [0.4, 0.5) is 4.39 Å². The van der Waals surface area contributed by atoms with E-state index < -0.39 is 0 Å². The Morgan fingerprint density at radius 3 is 2.47 bits per heavy atom. The SMILES string of the molecule is CCN(CCCN(C)C)C(=O)c1ccc(F)cc1C. The quantitative estimate of drug-likeness (QED) is 0.790. The Kier molecular flexibility index (Phi) is 5.96. The molecule has 3 nitrogen and oxygen atoms in total. The number of halogens is 1. The van der Waals surface area contributed by atoms with Gasteiger partial charge >= 0.3 is 0 Å². The van der Waals surface area contributed by atoms with Crippen molar-refractivity contribution < 1.29 is 9.18 Å². The van der Waals surface area contributed by atoms with Crippen LogP contribution in [0.1, 0.15) is 29.3 Å². The number of nitrogens with zero attached hydrogens (tertiary/aromatic N) is 2. The van der Waals surface area contributed by atoms with Gasteiger partial charge in [0.25, 0.3) is 5.91 Å². The minimum absolute atomic E-state index is 0.0150. The summed E-state index contributed by atoms with van der Waals surface area (Å²) in [5.41, 5.74) is 1.28. The van der Waals surface area contributed by atoms with E-state index in [1.807, 2.05) is 25.9 Å². The van der Waals surface area contributed by atoms with Crippen LogP contribution in [-0.4, -0.2) is 49.4 Å². The lowest BCUT2D eigenvalue weighted by atomic mass is 10.1. The Labute approximate surface area is 115 Å². The molecule has 0 saturated carbocycles. The van der Waals surface area contributed by atoms with Crippen molar-refractivity contribution in [1.82, 2.24) is 9.80 Å². The summed E-state index contributed by atoms with van der Waals surface area (Å²) < 4.78 is 13.1.